The highest BCUT2D eigenvalue weighted by atomic mass is 16.5. The van der Waals surface area contributed by atoms with E-state index in [-0.39, 0.29) is 17.6 Å². The number of rotatable bonds is 2. The number of carbonyl (C=O) groups is 1. The number of nitrogens with one attached hydrogen (secondary N) is 1. The number of carbonyl (C=O) groups excluding carboxylic acids is 1. The number of hydrogen-bond acceptors (Lipinski definition) is 3. The van der Waals surface area contributed by atoms with E-state index in [0.29, 0.717) is 25.4 Å². The van der Waals surface area contributed by atoms with Gasteiger partial charge in [-0.25, -0.2) is 0 Å². The van der Waals surface area contributed by atoms with Crippen LogP contribution in [-0.2, 0) is 4.74 Å². The Bertz CT molecular complexity index is 469. The van der Waals surface area contributed by atoms with Crippen LogP contribution in [-0.4, -0.2) is 41.6 Å². The fourth-order valence-electron chi connectivity index (χ4n) is 2.07. The van der Waals surface area contributed by atoms with Crippen LogP contribution in [0.4, 0.5) is 0 Å². The Morgan fingerprint density at radius 3 is 3.11 bits per heavy atom. The molecule has 0 saturated carbocycles. The summed E-state index contributed by atoms with van der Waals surface area (Å²) in [6.07, 6.45) is 1.81. The van der Waals surface area contributed by atoms with E-state index < -0.39 is 0 Å². The van der Waals surface area contributed by atoms with Crippen molar-refractivity contribution in [1.29, 1.82) is 0 Å². The molecule has 2 rings (SSSR count). The van der Waals surface area contributed by atoms with Crippen molar-refractivity contribution in [3.05, 3.63) is 34.2 Å². The summed E-state index contributed by atoms with van der Waals surface area (Å²) in [5.74, 6) is -0.128. The molecule has 18 heavy (non-hydrogen) atoms. The van der Waals surface area contributed by atoms with Crippen molar-refractivity contribution >= 4 is 5.91 Å². The molecule has 0 spiro atoms. The van der Waals surface area contributed by atoms with Crippen LogP contribution in [0.2, 0.25) is 0 Å². The van der Waals surface area contributed by atoms with Gasteiger partial charge in [0.05, 0.1) is 6.10 Å². The van der Waals surface area contributed by atoms with E-state index in [1.54, 1.807) is 17.0 Å². The molecule has 5 nitrogen and oxygen atoms in total. The molecule has 1 aromatic heterocycles. The predicted octanol–water partition coefficient (Wildman–Crippen LogP) is 1.02. The molecule has 1 aromatic rings. The summed E-state index contributed by atoms with van der Waals surface area (Å²) in [5.41, 5.74) is 0.0956. The third kappa shape index (κ3) is 2.98. The number of amides is 1. The van der Waals surface area contributed by atoms with Gasteiger partial charge in [-0.1, -0.05) is 13.0 Å². The third-order valence-corrected chi connectivity index (χ3v) is 3.09. The molecule has 1 atom stereocenters. The molecular formula is C13H18N2O3. The highest BCUT2D eigenvalue weighted by molar-refractivity contribution is 5.92. The molecule has 0 aliphatic carbocycles. The minimum atomic E-state index is -0.251. The molecule has 0 aromatic carbocycles. The molecule has 2 heterocycles. The van der Waals surface area contributed by atoms with Gasteiger partial charge in [-0.05, 0) is 18.9 Å². The second kappa shape index (κ2) is 5.82. The van der Waals surface area contributed by atoms with Gasteiger partial charge in [-0.2, -0.15) is 0 Å². The number of hydrogen-bond donors (Lipinski definition) is 1. The van der Waals surface area contributed by atoms with Crippen molar-refractivity contribution in [3.8, 4) is 0 Å². The average Bonchev–Trinajstić information content (AvgIpc) is 2.63. The van der Waals surface area contributed by atoms with E-state index in [9.17, 15) is 9.59 Å². The van der Waals surface area contributed by atoms with Crippen LogP contribution in [0.5, 0.6) is 0 Å². The first-order valence-electron chi connectivity index (χ1n) is 6.31. The minimum absolute atomic E-state index is 0.0897. The van der Waals surface area contributed by atoms with Gasteiger partial charge in [-0.15, -0.1) is 0 Å². The summed E-state index contributed by atoms with van der Waals surface area (Å²) >= 11 is 0. The molecule has 1 aliphatic heterocycles. The molecule has 0 bridgehead atoms. The van der Waals surface area contributed by atoms with Crippen molar-refractivity contribution in [1.82, 2.24) is 9.88 Å². The average molecular weight is 250 g/mol. The van der Waals surface area contributed by atoms with Gasteiger partial charge in [0.25, 0.3) is 5.91 Å². The Morgan fingerprint density at radius 1 is 1.56 bits per heavy atom. The van der Waals surface area contributed by atoms with Gasteiger partial charge >= 0.3 is 0 Å². The maximum atomic E-state index is 12.3. The SMILES string of the molecule is CCC1CN(C(=O)c2cccc(=O)[nH]2)CCCO1. The fraction of sp³-hybridized carbons (Fsp3) is 0.538. The molecule has 98 valence electrons. The second-order valence-electron chi connectivity index (χ2n) is 4.43. The van der Waals surface area contributed by atoms with Crippen LogP contribution in [0, 0.1) is 0 Å². The van der Waals surface area contributed by atoms with Crippen molar-refractivity contribution in [2.45, 2.75) is 25.9 Å². The van der Waals surface area contributed by atoms with Crippen LogP contribution >= 0.6 is 0 Å². The molecule has 1 N–H and O–H groups in total. The first-order chi connectivity index (χ1) is 8.70. The zero-order valence-corrected chi connectivity index (χ0v) is 10.5. The Hall–Kier alpha value is -1.62. The lowest BCUT2D eigenvalue weighted by atomic mass is 10.2. The maximum absolute atomic E-state index is 12.3. The van der Waals surface area contributed by atoms with Gasteiger partial charge in [-0.3, -0.25) is 9.59 Å². The van der Waals surface area contributed by atoms with Crippen LogP contribution in [0.25, 0.3) is 0 Å². The van der Waals surface area contributed by atoms with E-state index >= 15 is 0 Å². The third-order valence-electron chi connectivity index (χ3n) is 3.09. The van der Waals surface area contributed by atoms with Crippen LogP contribution in [0.3, 0.4) is 0 Å². The zero-order chi connectivity index (χ0) is 13.0. The standard InChI is InChI=1S/C13H18N2O3/c1-2-10-9-15(7-4-8-18-10)13(17)11-5-3-6-12(16)14-11/h3,5-6,10H,2,4,7-9H2,1H3,(H,14,16). The number of ether oxygens (including phenoxy) is 1. The van der Waals surface area contributed by atoms with E-state index in [4.69, 9.17) is 4.74 Å². The lowest BCUT2D eigenvalue weighted by molar-refractivity contribution is 0.0457. The van der Waals surface area contributed by atoms with Gasteiger partial charge < -0.3 is 14.6 Å². The molecular weight excluding hydrogens is 232 g/mol. The van der Waals surface area contributed by atoms with Gasteiger partial charge in [0.15, 0.2) is 0 Å². The Labute approximate surface area is 106 Å². The number of aromatic amines is 1. The molecule has 1 fully saturated rings. The fourth-order valence-corrected chi connectivity index (χ4v) is 2.07. The Kier molecular flexibility index (Phi) is 4.15. The summed E-state index contributed by atoms with van der Waals surface area (Å²) in [6, 6.07) is 4.63. The van der Waals surface area contributed by atoms with E-state index in [2.05, 4.69) is 4.98 Å². The van der Waals surface area contributed by atoms with E-state index in [1.807, 2.05) is 6.92 Å². The first-order valence-corrected chi connectivity index (χ1v) is 6.31. The van der Waals surface area contributed by atoms with Crippen molar-refractivity contribution in [3.63, 3.8) is 0 Å². The lowest BCUT2D eigenvalue weighted by Crippen LogP contribution is -2.37. The van der Waals surface area contributed by atoms with Gasteiger partial charge in [0.2, 0.25) is 5.56 Å². The predicted molar refractivity (Wildman–Crippen MR) is 67.6 cm³/mol. The Balaban J connectivity index is 2.14. The normalized spacial score (nSPS) is 20.5. The smallest absolute Gasteiger partial charge is 0.270 e. The lowest BCUT2D eigenvalue weighted by Gasteiger charge is -2.23. The number of H-pyrrole nitrogens is 1. The van der Waals surface area contributed by atoms with Crippen LogP contribution < -0.4 is 5.56 Å². The van der Waals surface area contributed by atoms with Gasteiger partial charge in [0.1, 0.15) is 5.69 Å². The highest BCUT2D eigenvalue weighted by Crippen LogP contribution is 2.11. The minimum Gasteiger partial charge on any atom is -0.376 e. The highest BCUT2D eigenvalue weighted by Gasteiger charge is 2.22. The summed E-state index contributed by atoms with van der Waals surface area (Å²) < 4.78 is 5.63. The molecule has 1 aliphatic rings. The number of nitrogens with zero attached hydrogens (tertiary/aromatic N) is 1. The maximum Gasteiger partial charge on any atom is 0.270 e. The largest absolute Gasteiger partial charge is 0.376 e. The molecule has 1 unspecified atom stereocenters. The Morgan fingerprint density at radius 2 is 2.39 bits per heavy atom. The van der Waals surface area contributed by atoms with Crippen molar-refractivity contribution < 1.29 is 9.53 Å². The molecule has 5 heteroatoms. The molecule has 1 saturated heterocycles. The number of pyridine rings is 1. The topological polar surface area (TPSA) is 62.4 Å². The van der Waals surface area contributed by atoms with Crippen LogP contribution in [0.1, 0.15) is 30.3 Å². The van der Waals surface area contributed by atoms with Gasteiger partial charge in [0, 0.05) is 25.8 Å². The number of aromatic nitrogens is 1. The first kappa shape index (κ1) is 12.8. The monoisotopic (exact) mass is 250 g/mol. The quantitative estimate of drug-likeness (QED) is 0.852. The van der Waals surface area contributed by atoms with Crippen LogP contribution in [0.15, 0.2) is 23.0 Å². The van der Waals surface area contributed by atoms with E-state index in [0.717, 1.165) is 12.8 Å². The molecule has 0 radical (unpaired) electrons. The van der Waals surface area contributed by atoms with Crippen molar-refractivity contribution in [2.75, 3.05) is 19.7 Å². The zero-order valence-electron chi connectivity index (χ0n) is 10.5. The van der Waals surface area contributed by atoms with Crippen molar-refractivity contribution in [2.24, 2.45) is 0 Å². The summed E-state index contributed by atoms with van der Waals surface area (Å²) in [6.45, 7) is 4.00. The summed E-state index contributed by atoms with van der Waals surface area (Å²) in [7, 11) is 0. The second-order valence-corrected chi connectivity index (χ2v) is 4.43. The van der Waals surface area contributed by atoms with E-state index in [1.165, 1.54) is 6.07 Å². The molecule has 1 amide bonds. The summed E-state index contributed by atoms with van der Waals surface area (Å²) in [4.78, 5) is 27.8. The summed E-state index contributed by atoms with van der Waals surface area (Å²) in [5, 5.41) is 0.